The Labute approximate surface area is 104 Å². The second-order valence-electron chi connectivity index (χ2n) is 3.17. The molecule has 0 aliphatic heterocycles. The first-order valence-electron chi connectivity index (χ1n) is 4.57. The summed E-state index contributed by atoms with van der Waals surface area (Å²) in [6.45, 7) is 1.66. The Morgan fingerprint density at radius 2 is 1.88 bits per heavy atom. The van der Waals surface area contributed by atoms with Crippen LogP contribution in [0.1, 0.15) is 5.82 Å². The highest BCUT2D eigenvalue weighted by Crippen LogP contribution is 2.32. The maximum atomic E-state index is 10.8. The van der Waals surface area contributed by atoms with Crippen molar-refractivity contribution in [3.8, 4) is 11.4 Å². The van der Waals surface area contributed by atoms with E-state index in [0.717, 1.165) is 0 Å². The molecule has 0 aliphatic rings. The van der Waals surface area contributed by atoms with Crippen LogP contribution in [0.5, 0.6) is 0 Å². The van der Waals surface area contributed by atoms with Crippen LogP contribution in [0.3, 0.4) is 0 Å². The number of nitro benzene ring substituents is 1. The lowest BCUT2D eigenvalue weighted by Gasteiger charge is -2.02. The monoisotopic (exact) mass is 295 g/mol. The predicted molar refractivity (Wildman–Crippen MR) is 62.1 cm³/mol. The zero-order valence-corrected chi connectivity index (χ0v) is 10.2. The highest BCUT2D eigenvalue weighted by molar-refractivity contribution is 9.10. The number of aromatic nitrogens is 4. The second kappa shape index (κ2) is 4.50. The van der Waals surface area contributed by atoms with Crippen molar-refractivity contribution in [2.75, 3.05) is 0 Å². The molecule has 1 aromatic heterocycles. The molecule has 0 saturated carbocycles. The number of rotatable bonds is 2. The normalized spacial score (nSPS) is 10.2. The van der Waals surface area contributed by atoms with E-state index in [1.165, 1.54) is 6.07 Å². The van der Waals surface area contributed by atoms with Crippen LogP contribution < -0.4 is 0 Å². The fraction of sp³-hybridized carbons (Fsp3) is 0.111. The van der Waals surface area contributed by atoms with Crippen LogP contribution in [0.4, 0.5) is 5.69 Å². The van der Waals surface area contributed by atoms with Crippen molar-refractivity contribution >= 4 is 21.6 Å². The van der Waals surface area contributed by atoms with Gasteiger partial charge < -0.3 is 0 Å². The van der Waals surface area contributed by atoms with Gasteiger partial charge in [-0.2, -0.15) is 0 Å². The number of nitrogens with zero attached hydrogens (tertiary/aromatic N) is 5. The molecule has 0 fully saturated rings. The molecule has 2 rings (SSSR count). The van der Waals surface area contributed by atoms with Crippen LogP contribution in [0, 0.1) is 17.0 Å². The van der Waals surface area contributed by atoms with Gasteiger partial charge in [0.15, 0.2) is 5.82 Å². The van der Waals surface area contributed by atoms with Crippen molar-refractivity contribution in [1.29, 1.82) is 0 Å². The van der Waals surface area contributed by atoms with E-state index in [2.05, 4.69) is 36.3 Å². The van der Waals surface area contributed by atoms with E-state index in [1.807, 2.05) is 0 Å². The highest BCUT2D eigenvalue weighted by atomic mass is 79.9. The van der Waals surface area contributed by atoms with E-state index >= 15 is 0 Å². The zero-order chi connectivity index (χ0) is 12.4. The van der Waals surface area contributed by atoms with E-state index in [-0.39, 0.29) is 11.5 Å². The molecule has 0 atom stereocenters. The molecule has 0 amide bonds. The number of halogens is 1. The molecule has 7 nitrogen and oxygen atoms in total. The van der Waals surface area contributed by atoms with E-state index < -0.39 is 4.92 Å². The quantitative estimate of drug-likeness (QED) is 0.620. The minimum atomic E-state index is -0.484. The summed E-state index contributed by atoms with van der Waals surface area (Å²) in [7, 11) is 0. The fourth-order valence-corrected chi connectivity index (χ4v) is 1.81. The van der Waals surface area contributed by atoms with Gasteiger partial charge in [-0.1, -0.05) is 6.07 Å². The zero-order valence-electron chi connectivity index (χ0n) is 8.66. The molecule has 17 heavy (non-hydrogen) atoms. The van der Waals surface area contributed by atoms with Crippen LogP contribution in [0.15, 0.2) is 22.7 Å². The lowest BCUT2D eigenvalue weighted by molar-refractivity contribution is -0.385. The summed E-state index contributed by atoms with van der Waals surface area (Å²) < 4.78 is 0.317. The second-order valence-corrected chi connectivity index (χ2v) is 3.96. The Balaban J connectivity index is 2.56. The molecule has 0 saturated heterocycles. The average molecular weight is 296 g/mol. The van der Waals surface area contributed by atoms with Crippen molar-refractivity contribution in [2.24, 2.45) is 0 Å². The smallest absolute Gasteiger partial charge is 0.258 e. The number of hydrogen-bond acceptors (Lipinski definition) is 6. The Bertz CT molecular complexity index is 572. The fourth-order valence-electron chi connectivity index (χ4n) is 1.22. The summed E-state index contributed by atoms with van der Waals surface area (Å²) in [6.07, 6.45) is 0. The Hall–Kier alpha value is -1.96. The van der Waals surface area contributed by atoms with Gasteiger partial charge in [-0.05, 0) is 28.9 Å². The molecule has 0 aliphatic carbocycles. The summed E-state index contributed by atoms with van der Waals surface area (Å²) in [5.74, 6) is 0.682. The number of benzene rings is 1. The van der Waals surface area contributed by atoms with Gasteiger partial charge in [0.25, 0.3) is 5.69 Å². The van der Waals surface area contributed by atoms with Gasteiger partial charge >= 0.3 is 0 Å². The van der Waals surface area contributed by atoms with Crippen LogP contribution in [-0.2, 0) is 0 Å². The Morgan fingerprint density at radius 1 is 1.24 bits per heavy atom. The van der Waals surface area contributed by atoms with Gasteiger partial charge in [0.2, 0.25) is 5.82 Å². The number of nitro groups is 1. The third kappa shape index (κ3) is 2.26. The van der Waals surface area contributed by atoms with Crippen LogP contribution in [0.2, 0.25) is 0 Å². The van der Waals surface area contributed by atoms with Gasteiger partial charge in [0.1, 0.15) is 4.47 Å². The van der Waals surface area contributed by atoms with Crippen molar-refractivity contribution in [3.05, 3.63) is 38.6 Å². The molecule has 0 bridgehead atoms. The van der Waals surface area contributed by atoms with Gasteiger partial charge in [-0.25, -0.2) is 0 Å². The standard InChI is InChI=1S/C9H6BrN5O2/c1-5-11-13-9(14-12-5)6-3-2-4-7(8(6)10)15(16)17/h2-4H,1H3. The SMILES string of the molecule is Cc1nnc(-c2cccc([N+](=O)[O-])c2Br)nn1. The summed E-state index contributed by atoms with van der Waals surface area (Å²) in [5, 5.41) is 25.9. The van der Waals surface area contributed by atoms with Crippen molar-refractivity contribution < 1.29 is 4.92 Å². The molecule has 1 aromatic carbocycles. The topological polar surface area (TPSA) is 94.7 Å². The summed E-state index contributed by atoms with van der Waals surface area (Å²) in [5.41, 5.74) is 0.436. The summed E-state index contributed by atoms with van der Waals surface area (Å²) in [6, 6.07) is 4.61. The third-order valence-corrected chi connectivity index (χ3v) is 2.83. The number of aryl methyl sites for hydroxylation is 1. The van der Waals surface area contributed by atoms with Gasteiger partial charge in [0.05, 0.1) is 4.92 Å². The van der Waals surface area contributed by atoms with Crippen molar-refractivity contribution in [2.45, 2.75) is 6.92 Å². The van der Waals surface area contributed by atoms with Gasteiger partial charge in [0, 0.05) is 11.6 Å². The van der Waals surface area contributed by atoms with Crippen LogP contribution in [-0.4, -0.2) is 25.3 Å². The molecule has 0 radical (unpaired) electrons. The van der Waals surface area contributed by atoms with E-state index in [0.29, 0.717) is 15.9 Å². The highest BCUT2D eigenvalue weighted by Gasteiger charge is 2.17. The Kier molecular flexibility index (Phi) is 3.05. The van der Waals surface area contributed by atoms with Crippen molar-refractivity contribution in [1.82, 2.24) is 20.4 Å². The molecule has 86 valence electrons. The first kappa shape index (κ1) is 11.5. The molecular formula is C9H6BrN5O2. The maximum absolute atomic E-state index is 10.8. The molecule has 0 unspecified atom stereocenters. The lowest BCUT2D eigenvalue weighted by atomic mass is 10.2. The molecule has 2 aromatic rings. The molecule has 8 heteroatoms. The Morgan fingerprint density at radius 3 is 2.47 bits per heavy atom. The lowest BCUT2D eigenvalue weighted by Crippen LogP contribution is -2.00. The van der Waals surface area contributed by atoms with Crippen LogP contribution in [0.25, 0.3) is 11.4 Å². The van der Waals surface area contributed by atoms with Crippen molar-refractivity contribution in [3.63, 3.8) is 0 Å². The van der Waals surface area contributed by atoms with Gasteiger partial charge in [-0.3, -0.25) is 10.1 Å². The predicted octanol–water partition coefficient (Wildman–Crippen LogP) is 1.91. The summed E-state index contributed by atoms with van der Waals surface area (Å²) >= 11 is 3.16. The maximum Gasteiger partial charge on any atom is 0.284 e. The first-order valence-corrected chi connectivity index (χ1v) is 5.36. The van der Waals surface area contributed by atoms with Gasteiger partial charge in [-0.15, -0.1) is 20.4 Å². The average Bonchev–Trinajstić information content (AvgIpc) is 2.30. The third-order valence-electron chi connectivity index (χ3n) is 1.99. The number of hydrogen-bond donors (Lipinski definition) is 0. The molecule has 1 heterocycles. The molecule has 0 N–H and O–H groups in total. The molecular weight excluding hydrogens is 290 g/mol. The first-order chi connectivity index (χ1) is 8.09. The minimum Gasteiger partial charge on any atom is -0.258 e. The largest absolute Gasteiger partial charge is 0.284 e. The molecule has 0 spiro atoms. The van der Waals surface area contributed by atoms with Crippen LogP contribution >= 0.6 is 15.9 Å². The summed E-state index contributed by atoms with van der Waals surface area (Å²) in [4.78, 5) is 10.3. The minimum absolute atomic E-state index is 0.0494. The van der Waals surface area contributed by atoms with E-state index in [1.54, 1.807) is 19.1 Å². The van der Waals surface area contributed by atoms with E-state index in [4.69, 9.17) is 0 Å². The van der Waals surface area contributed by atoms with E-state index in [9.17, 15) is 10.1 Å².